The SMILES string of the molecule is CC/C=C\C/C=C\C/C=C\C/C=C\C/C=C\CC(=O)OC(CO)COP(=O)(O)OCC(COC(=O)CC/C=C\C/C=C\C/C=C\C/C=C\CC)OC(=O)CCCCCCCCC/C=C\C/C=C\CCCCC. The van der Waals surface area contributed by atoms with Crippen LogP contribution in [-0.4, -0.2) is 66.5 Å². The van der Waals surface area contributed by atoms with Crippen molar-refractivity contribution >= 4 is 25.7 Å². The van der Waals surface area contributed by atoms with Gasteiger partial charge in [-0.2, -0.15) is 0 Å². The Labute approximate surface area is 436 Å². The molecule has 0 radical (unpaired) electrons. The molecule has 0 aliphatic rings. The molecular formula is C60H95O11P. The lowest BCUT2D eigenvalue weighted by atomic mass is 10.1. The first kappa shape index (κ1) is 67.6. The highest BCUT2D eigenvalue weighted by atomic mass is 31.2. The van der Waals surface area contributed by atoms with Gasteiger partial charge in [-0.05, 0) is 103 Å². The number of allylic oxidation sites excluding steroid dienone is 21. The lowest BCUT2D eigenvalue weighted by Crippen LogP contribution is -2.30. The zero-order chi connectivity index (χ0) is 52.7. The predicted octanol–water partition coefficient (Wildman–Crippen LogP) is 15.8. The number of unbranched alkanes of at least 4 members (excludes halogenated alkanes) is 10. The summed E-state index contributed by atoms with van der Waals surface area (Å²) < 4.78 is 39.2. The minimum Gasteiger partial charge on any atom is -0.462 e. The number of hydrogen-bond acceptors (Lipinski definition) is 10. The van der Waals surface area contributed by atoms with Gasteiger partial charge in [-0.25, -0.2) is 4.57 Å². The number of rotatable bonds is 48. The van der Waals surface area contributed by atoms with E-state index in [-0.39, 0.29) is 19.3 Å². The third-order valence-electron chi connectivity index (χ3n) is 10.6. The number of carbonyl (C=O) groups excluding carboxylic acids is 3. The molecule has 0 bridgehead atoms. The molecular weight excluding hydrogens is 928 g/mol. The summed E-state index contributed by atoms with van der Waals surface area (Å²) in [6.45, 7) is 4.15. The molecule has 0 heterocycles. The van der Waals surface area contributed by atoms with Crippen molar-refractivity contribution in [3.63, 3.8) is 0 Å². The Morgan fingerprint density at radius 3 is 1.28 bits per heavy atom. The molecule has 0 saturated heterocycles. The fourth-order valence-electron chi connectivity index (χ4n) is 6.53. The maximum Gasteiger partial charge on any atom is 0.472 e. The second kappa shape index (κ2) is 52.9. The number of hydrogen-bond donors (Lipinski definition) is 2. The normalized spacial score (nSPS) is 14.5. The fourth-order valence-corrected chi connectivity index (χ4v) is 7.32. The predicted molar refractivity (Wildman–Crippen MR) is 297 cm³/mol. The summed E-state index contributed by atoms with van der Waals surface area (Å²) in [6.07, 6.45) is 66.0. The lowest BCUT2D eigenvalue weighted by Gasteiger charge is -2.21. The fraction of sp³-hybridized carbons (Fsp3) is 0.583. The molecule has 3 unspecified atom stereocenters. The highest BCUT2D eigenvalue weighted by Crippen LogP contribution is 2.43. The van der Waals surface area contributed by atoms with E-state index in [1.54, 1.807) is 6.08 Å². The van der Waals surface area contributed by atoms with Gasteiger partial charge in [0.15, 0.2) is 6.10 Å². The average molecular weight is 1020 g/mol. The molecule has 12 heteroatoms. The minimum absolute atomic E-state index is 0.0670. The van der Waals surface area contributed by atoms with Gasteiger partial charge < -0.3 is 24.2 Å². The van der Waals surface area contributed by atoms with E-state index in [9.17, 15) is 28.9 Å². The zero-order valence-electron chi connectivity index (χ0n) is 44.6. The molecule has 0 aliphatic carbocycles. The molecule has 0 fully saturated rings. The summed E-state index contributed by atoms with van der Waals surface area (Å²) in [7, 11) is -4.79. The van der Waals surface area contributed by atoms with Crippen LogP contribution < -0.4 is 0 Å². The van der Waals surface area contributed by atoms with Crippen LogP contribution in [0.2, 0.25) is 0 Å². The summed E-state index contributed by atoms with van der Waals surface area (Å²) in [5.41, 5.74) is 0. The van der Waals surface area contributed by atoms with Gasteiger partial charge in [0.05, 0.1) is 26.2 Å². The molecule has 406 valence electrons. The molecule has 0 spiro atoms. The van der Waals surface area contributed by atoms with Crippen LogP contribution >= 0.6 is 7.82 Å². The van der Waals surface area contributed by atoms with E-state index in [1.165, 1.54) is 32.1 Å². The highest BCUT2D eigenvalue weighted by Gasteiger charge is 2.28. The van der Waals surface area contributed by atoms with Gasteiger partial charge in [0, 0.05) is 12.8 Å². The van der Waals surface area contributed by atoms with E-state index in [1.807, 2.05) is 30.4 Å². The smallest absolute Gasteiger partial charge is 0.462 e. The van der Waals surface area contributed by atoms with Crippen LogP contribution in [0.4, 0.5) is 0 Å². The topological polar surface area (TPSA) is 155 Å². The standard InChI is InChI=1S/C60H95O11P/c1-4-7-10-13-16-19-22-25-27-28-30-33-36-39-42-45-48-51-60(64)71-57(53-67-58(62)49-46-43-40-37-34-31-24-21-18-15-12-9-6-3)55-69-72(65,66)68-54-56(52-61)70-59(63)50-47-44-41-38-35-32-29-26-23-20-17-14-11-8-5-2/h8-9,11-12,16-21,25-27,29,31,34-35,38,40,43-44,47,56-57,61H,4-7,10,13-15,22-24,28,30,32-33,36-37,39,41-42,45-46,48-55H2,1-3H3,(H,65,66)/b11-8-,12-9-,19-16-,20-17-,21-18-,27-25-,29-26-,34-31-,38-35-,43-40-,47-44-. The lowest BCUT2D eigenvalue weighted by molar-refractivity contribution is -0.161. The Kier molecular flexibility index (Phi) is 49.7. The van der Waals surface area contributed by atoms with Crippen molar-refractivity contribution in [3.8, 4) is 0 Å². The Morgan fingerprint density at radius 2 is 0.806 bits per heavy atom. The molecule has 0 amide bonds. The van der Waals surface area contributed by atoms with Gasteiger partial charge in [-0.1, -0.05) is 199 Å². The Bertz CT molecular complexity index is 1710. The summed E-state index contributed by atoms with van der Waals surface area (Å²) >= 11 is 0. The molecule has 72 heavy (non-hydrogen) atoms. The number of phosphoric ester groups is 1. The molecule has 3 atom stereocenters. The third kappa shape index (κ3) is 50.6. The monoisotopic (exact) mass is 1020 g/mol. The van der Waals surface area contributed by atoms with E-state index in [0.717, 1.165) is 96.3 Å². The minimum atomic E-state index is -4.79. The first-order valence-electron chi connectivity index (χ1n) is 27.1. The Hall–Kier alpha value is -4.38. The molecule has 0 aromatic carbocycles. The molecule has 0 saturated carbocycles. The number of carbonyl (C=O) groups is 3. The second-order valence-electron chi connectivity index (χ2n) is 17.3. The summed E-state index contributed by atoms with van der Waals surface area (Å²) in [5, 5.41) is 9.77. The molecule has 0 aromatic heterocycles. The number of ether oxygens (including phenoxy) is 3. The van der Waals surface area contributed by atoms with Crippen LogP contribution in [0.15, 0.2) is 134 Å². The van der Waals surface area contributed by atoms with Crippen LogP contribution in [0.3, 0.4) is 0 Å². The zero-order valence-corrected chi connectivity index (χ0v) is 45.5. The third-order valence-corrected chi connectivity index (χ3v) is 11.5. The van der Waals surface area contributed by atoms with Crippen molar-refractivity contribution in [3.05, 3.63) is 134 Å². The first-order valence-corrected chi connectivity index (χ1v) is 28.6. The van der Waals surface area contributed by atoms with Gasteiger partial charge in [0.25, 0.3) is 0 Å². The van der Waals surface area contributed by atoms with Gasteiger partial charge in [-0.15, -0.1) is 0 Å². The van der Waals surface area contributed by atoms with Crippen molar-refractivity contribution in [1.82, 2.24) is 0 Å². The van der Waals surface area contributed by atoms with Gasteiger partial charge >= 0.3 is 25.7 Å². The van der Waals surface area contributed by atoms with E-state index in [0.29, 0.717) is 19.3 Å². The van der Waals surface area contributed by atoms with Crippen LogP contribution in [0, 0.1) is 0 Å². The van der Waals surface area contributed by atoms with E-state index in [2.05, 4.69) is 118 Å². The van der Waals surface area contributed by atoms with Crippen LogP contribution in [0.5, 0.6) is 0 Å². The molecule has 11 nitrogen and oxygen atoms in total. The molecule has 2 N–H and O–H groups in total. The van der Waals surface area contributed by atoms with Gasteiger partial charge in [0.2, 0.25) is 0 Å². The summed E-state index contributed by atoms with van der Waals surface area (Å²) in [5.74, 6) is -1.73. The second-order valence-corrected chi connectivity index (χ2v) is 18.7. The number of esters is 3. The van der Waals surface area contributed by atoms with Crippen LogP contribution in [0.1, 0.15) is 188 Å². The van der Waals surface area contributed by atoms with Crippen molar-refractivity contribution in [2.75, 3.05) is 26.4 Å². The number of phosphoric acid groups is 1. The molecule has 0 aromatic rings. The van der Waals surface area contributed by atoms with Crippen molar-refractivity contribution in [2.45, 2.75) is 200 Å². The van der Waals surface area contributed by atoms with E-state index < -0.39 is 64.4 Å². The largest absolute Gasteiger partial charge is 0.472 e. The average Bonchev–Trinajstić information content (AvgIpc) is 3.37. The Balaban J connectivity index is 4.91. The highest BCUT2D eigenvalue weighted by molar-refractivity contribution is 7.47. The maximum atomic E-state index is 12.9. The summed E-state index contributed by atoms with van der Waals surface area (Å²) in [6, 6.07) is 0. The van der Waals surface area contributed by atoms with Gasteiger partial charge in [0.1, 0.15) is 12.7 Å². The quantitative estimate of drug-likeness (QED) is 0.0197. The summed E-state index contributed by atoms with van der Waals surface area (Å²) in [4.78, 5) is 48.3. The first-order chi connectivity index (χ1) is 35.2. The van der Waals surface area contributed by atoms with Crippen LogP contribution in [-0.2, 0) is 42.2 Å². The number of aliphatic hydroxyl groups excluding tert-OH is 1. The maximum absolute atomic E-state index is 12.9. The van der Waals surface area contributed by atoms with Crippen molar-refractivity contribution in [2.24, 2.45) is 0 Å². The van der Waals surface area contributed by atoms with Crippen molar-refractivity contribution in [1.29, 1.82) is 0 Å². The van der Waals surface area contributed by atoms with E-state index in [4.69, 9.17) is 23.3 Å². The van der Waals surface area contributed by atoms with Gasteiger partial charge in [-0.3, -0.25) is 23.4 Å². The number of aliphatic hydroxyl groups is 1. The van der Waals surface area contributed by atoms with Crippen LogP contribution in [0.25, 0.3) is 0 Å². The van der Waals surface area contributed by atoms with E-state index >= 15 is 0 Å². The molecule has 0 aliphatic heterocycles. The Morgan fingerprint density at radius 1 is 0.417 bits per heavy atom. The van der Waals surface area contributed by atoms with Crippen molar-refractivity contribution < 1.29 is 52.2 Å². The molecule has 0 rings (SSSR count).